The van der Waals surface area contributed by atoms with E-state index in [4.69, 9.17) is 9.47 Å². The smallest absolute Gasteiger partial charge is 0.408 e. The van der Waals surface area contributed by atoms with E-state index in [9.17, 15) is 24.9 Å². The minimum atomic E-state index is -0.894. The minimum absolute atomic E-state index is 0.0132. The van der Waals surface area contributed by atoms with Crippen molar-refractivity contribution in [2.45, 2.75) is 196 Å². The zero-order valence-electron chi connectivity index (χ0n) is 33.4. The van der Waals surface area contributed by atoms with Gasteiger partial charge in [-0.05, 0) is 158 Å². The van der Waals surface area contributed by atoms with Gasteiger partial charge < -0.3 is 30.1 Å². The molecule has 1 unspecified atom stereocenters. The highest BCUT2D eigenvalue weighted by molar-refractivity contribution is 5.81. The number of aliphatic hydroxyl groups is 3. The molecule has 8 nitrogen and oxygen atoms in total. The van der Waals surface area contributed by atoms with E-state index in [1.54, 1.807) is 20.8 Å². The number of nitrogens with one attached hydrogen (secondary N) is 1. The Balaban J connectivity index is 1.53. The number of esters is 1. The third-order valence-electron chi connectivity index (χ3n) is 14.5. The fourth-order valence-electron chi connectivity index (χ4n) is 12.1. The number of alkyl carbamates (subject to hydrolysis) is 1. The lowest BCUT2D eigenvalue weighted by Crippen LogP contribution is -2.67. The molecule has 11 atom stereocenters. The highest BCUT2D eigenvalue weighted by Gasteiger charge is 2.71. The zero-order valence-corrected chi connectivity index (χ0v) is 33.4. The Morgan fingerprint density at radius 2 is 1.47 bits per heavy atom. The Morgan fingerprint density at radius 3 is 2.04 bits per heavy atom. The van der Waals surface area contributed by atoms with Crippen LogP contribution in [0.15, 0.2) is 0 Å². The lowest BCUT2D eigenvalue weighted by molar-refractivity contribution is -0.249. The van der Waals surface area contributed by atoms with Gasteiger partial charge in [-0.3, -0.25) is 0 Å². The summed E-state index contributed by atoms with van der Waals surface area (Å²) >= 11 is 0. The largest absolute Gasteiger partial charge is 0.460 e. The molecule has 49 heavy (non-hydrogen) atoms. The van der Waals surface area contributed by atoms with Gasteiger partial charge in [0.15, 0.2) is 0 Å². The molecule has 4 fully saturated rings. The Hall–Kier alpha value is -1.38. The van der Waals surface area contributed by atoms with E-state index >= 15 is 0 Å². The normalized spacial score (nSPS) is 39.2. The van der Waals surface area contributed by atoms with Crippen LogP contribution >= 0.6 is 0 Å². The van der Waals surface area contributed by atoms with Crippen molar-refractivity contribution in [3.05, 3.63) is 0 Å². The maximum absolute atomic E-state index is 13.7. The molecule has 4 aliphatic carbocycles. The van der Waals surface area contributed by atoms with Gasteiger partial charge in [0, 0.05) is 5.41 Å². The topological polar surface area (TPSA) is 125 Å². The van der Waals surface area contributed by atoms with Gasteiger partial charge in [0.2, 0.25) is 0 Å². The van der Waals surface area contributed by atoms with E-state index in [1.165, 1.54) is 0 Å². The molecule has 0 aromatic carbocycles. The third-order valence-corrected chi connectivity index (χ3v) is 14.5. The first-order valence-corrected chi connectivity index (χ1v) is 19.5. The molecule has 0 bridgehead atoms. The molecule has 4 saturated carbocycles. The second kappa shape index (κ2) is 13.5. The molecule has 0 saturated heterocycles. The number of fused-ring (bicyclic) bond motifs is 5. The van der Waals surface area contributed by atoms with E-state index < -0.39 is 41.0 Å². The quantitative estimate of drug-likeness (QED) is 0.170. The van der Waals surface area contributed by atoms with Crippen LogP contribution in [-0.2, 0) is 14.3 Å². The summed E-state index contributed by atoms with van der Waals surface area (Å²) in [4.78, 5) is 26.4. The van der Waals surface area contributed by atoms with Gasteiger partial charge in [-0.25, -0.2) is 9.59 Å². The van der Waals surface area contributed by atoms with E-state index in [0.29, 0.717) is 31.1 Å². The van der Waals surface area contributed by atoms with Gasteiger partial charge >= 0.3 is 12.1 Å². The van der Waals surface area contributed by atoms with Crippen LogP contribution in [0.3, 0.4) is 0 Å². The summed E-state index contributed by atoms with van der Waals surface area (Å²) in [7, 11) is 0. The predicted molar refractivity (Wildman–Crippen MR) is 194 cm³/mol. The molecule has 4 N–H and O–H groups in total. The highest BCUT2D eigenvalue weighted by Crippen LogP contribution is 2.76. The number of rotatable bonds is 10. The average Bonchev–Trinajstić information content (AvgIpc) is 3.30. The number of carbonyl (C=O) groups excluding carboxylic acids is 2. The summed E-state index contributed by atoms with van der Waals surface area (Å²) in [6.07, 6.45) is 7.51. The van der Waals surface area contributed by atoms with Crippen LogP contribution in [0.5, 0.6) is 0 Å². The predicted octanol–water partition coefficient (Wildman–Crippen LogP) is 8.19. The molecule has 1 amide bonds. The van der Waals surface area contributed by atoms with Gasteiger partial charge in [-0.15, -0.1) is 0 Å². The molecule has 0 aromatic rings. The number of ether oxygens (including phenoxy) is 2. The summed E-state index contributed by atoms with van der Waals surface area (Å²) in [5.74, 6) is 0.468. The minimum Gasteiger partial charge on any atom is -0.460 e. The first-order chi connectivity index (χ1) is 22.2. The second-order valence-electron chi connectivity index (χ2n) is 20.6. The van der Waals surface area contributed by atoms with Crippen LogP contribution < -0.4 is 5.32 Å². The lowest BCUT2D eigenvalue weighted by atomic mass is 9.35. The van der Waals surface area contributed by atoms with E-state index in [1.807, 2.05) is 34.6 Å². The van der Waals surface area contributed by atoms with Gasteiger partial charge in [-0.1, -0.05) is 48.5 Å². The Morgan fingerprint density at radius 1 is 0.857 bits per heavy atom. The summed E-state index contributed by atoms with van der Waals surface area (Å²) in [6, 6.07) is -0.776. The van der Waals surface area contributed by atoms with Crippen molar-refractivity contribution in [3.8, 4) is 0 Å². The number of carbonyl (C=O) groups is 2. The van der Waals surface area contributed by atoms with E-state index in [0.717, 1.165) is 51.4 Å². The molecule has 0 heterocycles. The van der Waals surface area contributed by atoms with Crippen LogP contribution in [-0.4, -0.2) is 62.4 Å². The Bertz CT molecular complexity index is 1200. The van der Waals surface area contributed by atoms with Gasteiger partial charge in [0.1, 0.15) is 17.7 Å². The molecule has 0 aliphatic heterocycles. The second-order valence-corrected chi connectivity index (χ2v) is 20.6. The molecule has 0 aromatic heterocycles. The molecule has 0 spiro atoms. The van der Waals surface area contributed by atoms with Crippen LogP contribution in [0.1, 0.15) is 161 Å². The van der Waals surface area contributed by atoms with Crippen molar-refractivity contribution in [2.24, 2.45) is 51.2 Å². The standard InChI is InChI=1S/C41H73NO7/c1-25(2)23-27(42-34(45)49-35(3,4)5)33(44)48-31-17-20-38(10)29(37(31,8)9)16-22-39(11)30(38)24-28(43)32-26(15-21-40(32,39)12)41(13,47)19-14-18-36(6,7)46/h25-32,43,46-47H,14-24H2,1-13H3,(H,42,45)/t26?,27-,28+,29+,30+,31-,32-,38-,39+,40+,41+/m0/s1. The molecular weight excluding hydrogens is 618 g/mol. The van der Waals surface area contributed by atoms with Crippen molar-refractivity contribution >= 4 is 12.1 Å². The molecule has 8 heteroatoms. The van der Waals surface area contributed by atoms with Crippen molar-refractivity contribution in [2.75, 3.05) is 0 Å². The molecule has 284 valence electrons. The highest BCUT2D eigenvalue weighted by atomic mass is 16.6. The Labute approximate surface area is 298 Å². The maximum Gasteiger partial charge on any atom is 0.408 e. The fourth-order valence-corrected chi connectivity index (χ4v) is 12.1. The summed E-state index contributed by atoms with van der Waals surface area (Å²) in [5.41, 5.74) is -2.72. The average molecular weight is 692 g/mol. The Kier molecular flexibility index (Phi) is 11.2. The third kappa shape index (κ3) is 7.87. The summed E-state index contributed by atoms with van der Waals surface area (Å²) < 4.78 is 11.8. The van der Waals surface area contributed by atoms with Crippen LogP contribution in [0.2, 0.25) is 0 Å². The molecule has 4 aliphatic rings. The van der Waals surface area contributed by atoms with Crippen molar-refractivity contribution in [3.63, 3.8) is 0 Å². The maximum atomic E-state index is 13.7. The number of hydrogen-bond acceptors (Lipinski definition) is 7. The molecule has 0 radical (unpaired) electrons. The van der Waals surface area contributed by atoms with Crippen molar-refractivity contribution < 1.29 is 34.4 Å². The van der Waals surface area contributed by atoms with E-state index in [2.05, 4.69) is 39.9 Å². The van der Waals surface area contributed by atoms with Gasteiger partial charge in [0.25, 0.3) is 0 Å². The monoisotopic (exact) mass is 692 g/mol. The SMILES string of the molecule is CC(C)C[C@H](NC(=O)OC(C)(C)C)C(=O)O[C@H]1CC[C@@]2(C)[C@H](CC[C@]3(C)[C@@H]2C[C@@H](O)[C@@H]2C([C@](C)(O)CCCC(C)(C)O)CC[C@]23C)C1(C)C. The van der Waals surface area contributed by atoms with Gasteiger partial charge in [0.05, 0.1) is 17.3 Å². The molecule has 4 rings (SSSR count). The van der Waals surface area contributed by atoms with Gasteiger partial charge in [-0.2, -0.15) is 0 Å². The lowest BCUT2D eigenvalue weighted by Gasteiger charge is -2.70. The zero-order chi connectivity index (χ0) is 37.2. The van der Waals surface area contributed by atoms with Crippen LogP contribution in [0, 0.1) is 51.2 Å². The van der Waals surface area contributed by atoms with Crippen molar-refractivity contribution in [1.82, 2.24) is 5.32 Å². The number of aliphatic hydroxyl groups excluding tert-OH is 1. The molecular formula is C41H73NO7. The number of amides is 1. The van der Waals surface area contributed by atoms with Crippen LogP contribution in [0.25, 0.3) is 0 Å². The fraction of sp³-hybridized carbons (Fsp3) is 0.951. The summed E-state index contributed by atoms with van der Waals surface area (Å²) in [6.45, 7) is 27.0. The van der Waals surface area contributed by atoms with Crippen LogP contribution in [0.4, 0.5) is 4.79 Å². The van der Waals surface area contributed by atoms with E-state index in [-0.39, 0.29) is 45.5 Å². The van der Waals surface area contributed by atoms with Crippen molar-refractivity contribution in [1.29, 1.82) is 0 Å². The first kappa shape index (κ1) is 40.4. The number of hydrogen-bond donors (Lipinski definition) is 4. The summed E-state index contributed by atoms with van der Waals surface area (Å²) in [5, 5.41) is 37.1. The first-order valence-electron chi connectivity index (χ1n) is 19.5.